The van der Waals surface area contributed by atoms with Crippen LogP contribution in [0.5, 0.6) is 5.75 Å². The molecule has 0 aliphatic rings. The monoisotopic (exact) mass is 347 g/mol. The van der Waals surface area contributed by atoms with Gasteiger partial charge < -0.3 is 14.8 Å². The van der Waals surface area contributed by atoms with E-state index in [2.05, 4.69) is 5.32 Å². The van der Waals surface area contributed by atoms with E-state index < -0.39 is 11.9 Å². The third-order valence-electron chi connectivity index (χ3n) is 3.08. The first-order valence-corrected chi connectivity index (χ1v) is 7.81. The lowest BCUT2D eigenvalue weighted by Crippen LogP contribution is -2.32. The molecule has 0 aliphatic carbocycles. The number of hydrogen-bond acceptors (Lipinski definition) is 4. The Morgan fingerprint density at radius 1 is 1.12 bits per heavy atom. The Kier molecular flexibility index (Phi) is 6.63. The van der Waals surface area contributed by atoms with Crippen molar-refractivity contribution in [2.75, 3.05) is 19.8 Å². The lowest BCUT2D eigenvalue weighted by Gasteiger charge is -2.09. The molecule has 0 saturated carbocycles. The van der Waals surface area contributed by atoms with Crippen LogP contribution in [-0.4, -0.2) is 31.6 Å². The van der Waals surface area contributed by atoms with E-state index in [1.807, 2.05) is 31.2 Å². The van der Waals surface area contributed by atoms with Crippen LogP contribution < -0.4 is 10.1 Å². The summed E-state index contributed by atoms with van der Waals surface area (Å²) in [6.07, 6.45) is 0. The van der Waals surface area contributed by atoms with Crippen LogP contribution >= 0.6 is 11.6 Å². The molecule has 0 unspecified atom stereocenters. The normalized spacial score (nSPS) is 10.1. The van der Waals surface area contributed by atoms with Gasteiger partial charge in [-0.05, 0) is 42.8 Å². The predicted molar refractivity (Wildman–Crippen MR) is 91.4 cm³/mol. The van der Waals surface area contributed by atoms with E-state index >= 15 is 0 Å². The quantitative estimate of drug-likeness (QED) is 0.617. The van der Waals surface area contributed by atoms with Crippen molar-refractivity contribution >= 4 is 23.5 Å². The minimum absolute atomic E-state index is 0.304. The molecule has 0 atom stereocenters. The average molecular weight is 348 g/mol. The topological polar surface area (TPSA) is 64.6 Å². The van der Waals surface area contributed by atoms with Crippen LogP contribution in [0.15, 0.2) is 48.5 Å². The van der Waals surface area contributed by atoms with Crippen molar-refractivity contribution in [1.29, 1.82) is 0 Å². The number of carbonyl (C=O) groups excluding carboxylic acids is 2. The highest BCUT2D eigenvalue weighted by atomic mass is 35.5. The summed E-state index contributed by atoms with van der Waals surface area (Å²) >= 11 is 5.80. The fourth-order valence-electron chi connectivity index (χ4n) is 1.95. The van der Waals surface area contributed by atoms with Gasteiger partial charge in [-0.2, -0.15) is 0 Å². The number of halogens is 1. The molecule has 2 aromatic carbocycles. The van der Waals surface area contributed by atoms with Crippen LogP contribution in [0, 0.1) is 6.92 Å². The number of nitrogens with one attached hydrogen (secondary N) is 1. The van der Waals surface area contributed by atoms with Gasteiger partial charge in [-0.1, -0.05) is 29.8 Å². The molecular formula is C18H18ClNO4. The molecule has 24 heavy (non-hydrogen) atoms. The maximum Gasteiger partial charge on any atom is 0.338 e. The molecule has 2 aromatic rings. The lowest BCUT2D eigenvalue weighted by atomic mass is 10.2. The van der Waals surface area contributed by atoms with Crippen LogP contribution in [0.2, 0.25) is 5.02 Å². The van der Waals surface area contributed by atoms with E-state index in [1.54, 1.807) is 18.2 Å². The van der Waals surface area contributed by atoms with Crippen molar-refractivity contribution in [2.45, 2.75) is 6.92 Å². The minimum Gasteiger partial charge on any atom is -0.492 e. The van der Waals surface area contributed by atoms with Crippen LogP contribution in [-0.2, 0) is 9.53 Å². The fraction of sp³-hybridized carbons (Fsp3) is 0.222. The number of benzene rings is 2. The molecule has 5 nitrogen and oxygen atoms in total. The average Bonchev–Trinajstić information content (AvgIpc) is 2.56. The van der Waals surface area contributed by atoms with Gasteiger partial charge in [0.1, 0.15) is 12.4 Å². The Bertz CT molecular complexity index is 718. The Labute approximate surface area is 145 Å². The van der Waals surface area contributed by atoms with Crippen molar-refractivity contribution in [3.8, 4) is 5.75 Å². The summed E-state index contributed by atoms with van der Waals surface area (Å²) in [5, 5.41) is 3.05. The zero-order valence-electron chi connectivity index (χ0n) is 13.3. The summed E-state index contributed by atoms with van der Waals surface area (Å²) in [7, 11) is 0. The Morgan fingerprint density at radius 2 is 1.92 bits per heavy atom. The molecular weight excluding hydrogens is 330 g/mol. The summed E-state index contributed by atoms with van der Waals surface area (Å²) in [6.45, 7) is 2.28. The summed E-state index contributed by atoms with van der Waals surface area (Å²) < 4.78 is 10.4. The third kappa shape index (κ3) is 5.93. The summed E-state index contributed by atoms with van der Waals surface area (Å²) in [4.78, 5) is 23.4. The zero-order valence-corrected chi connectivity index (χ0v) is 14.0. The Hall–Kier alpha value is -2.53. The van der Waals surface area contributed by atoms with Gasteiger partial charge in [-0.25, -0.2) is 4.79 Å². The second-order valence-electron chi connectivity index (χ2n) is 5.10. The number of aryl methyl sites for hydroxylation is 1. The summed E-state index contributed by atoms with van der Waals surface area (Å²) in [5.41, 5.74) is 1.41. The number of esters is 1. The van der Waals surface area contributed by atoms with E-state index in [0.29, 0.717) is 23.7 Å². The molecule has 6 heteroatoms. The fourth-order valence-corrected chi connectivity index (χ4v) is 2.14. The van der Waals surface area contributed by atoms with E-state index in [-0.39, 0.29) is 6.61 Å². The van der Waals surface area contributed by atoms with E-state index in [0.717, 1.165) is 11.3 Å². The van der Waals surface area contributed by atoms with Gasteiger partial charge in [0.25, 0.3) is 5.91 Å². The molecule has 2 rings (SSSR count). The first-order valence-electron chi connectivity index (χ1n) is 7.43. The highest BCUT2D eigenvalue weighted by Gasteiger charge is 2.10. The maximum atomic E-state index is 11.8. The minimum atomic E-state index is -0.594. The standard InChI is InChI=1S/C18H18ClNO4/c1-13-4-2-7-16(10-13)23-9-8-20-17(21)12-24-18(22)14-5-3-6-15(19)11-14/h2-7,10-11H,8-9,12H2,1H3,(H,20,21). The molecule has 0 radical (unpaired) electrons. The van der Waals surface area contributed by atoms with Crippen molar-refractivity contribution in [2.24, 2.45) is 0 Å². The van der Waals surface area contributed by atoms with Crippen molar-refractivity contribution in [3.05, 3.63) is 64.7 Å². The van der Waals surface area contributed by atoms with E-state index in [9.17, 15) is 9.59 Å². The van der Waals surface area contributed by atoms with Gasteiger partial charge in [0.05, 0.1) is 12.1 Å². The lowest BCUT2D eigenvalue weighted by molar-refractivity contribution is -0.124. The molecule has 0 heterocycles. The van der Waals surface area contributed by atoms with Gasteiger partial charge in [-0.3, -0.25) is 4.79 Å². The Morgan fingerprint density at radius 3 is 2.67 bits per heavy atom. The number of rotatable bonds is 7. The summed E-state index contributed by atoms with van der Waals surface area (Å²) in [6, 6.07) is 14.0. The third-order valence-corrected chi connectivity index (χ3v) is 3.31. The summed E-state index contributed by atoms with van der Waals surface area (Å²) in [5.74, 6) is -0.237. The van der Waals surface area contributed by atoms with Crippen LogP contribution in [0.4, 0.5) is 0 Å². The molecule has 0 aromatic heterocycles. The van der Waals surface area contributed by atoms with Crippen molar-refractivity contribution < 1.29 is 19.1 Å². The predicted octanol–water partition coefficient (Wildman–Crippen LogP) is 3.00. The first kappa shape index (κ1) is 17.8. The molecule has 0 spiro atoms. The number of carbonyl (C=O) groups is 2. The first-order chi connectivity index (χ1) is 11.5. The van der Waals surface area contributed by atoms with Gasteiger partial charge in [0.15, 0.2) is 6.61 Å². The van der Waals surface area contributed by atoms with Gasteiger partial charge >= 0.3 is 5.97 Å². The molecule has 126 valence electrons. The van der Waals surface area contributed by atoms with E-state index in [4.69, 9.17) is 21.1 Å². The van der Waals surface area contributed by atoms with Crippen molar-refractivity contribution in [3.63, 3.8) is 0 Å². The second-order valence-corrected chi connectivity index (χ2v) is 5.54. The van der Waals surface area contributed by atoms with Gasteiger partial charge in [0, 0.05) is 5.02 Å². The SMILES string of the molecule is Cc1cccc(OCCNC(=O)COC(=O)c2cccc(Cl)c2)c1. The molecule has 0 fully saturated rings. The van der Waals surface area contributed by atoms with Crippen LogP contribution in [0.1, 0.15) is 15.9 Å². The van der Waals surface area contributed by atoms with E-state index in [1.165, 1.54) is 6.07 Å². The smallest absolute Gasteiger partial charge is 0.338 e. The highest BCUT2D eigenvalue weighted by Crippen LogP contribution is 2.12. The van der Waals surface area contributed by atoms with Crippen LogP contribution in [0.25, 0.3) is 0 Å². The highest BCUT2D eigenvalue weighted by molar-refractivity contribution is 6.30. The second kappa shape index (κ2) is 8.93. The van der Waals surface area contributed by atoms with Gasteiger partial charge in [-0.15, -0.1) is 0 Å². The molecule has 1 amide bonds. The number of amides is 1. The largest absolute Gasteiger partial charge is 0.492 e. The zero-order chi connectivity index (χ0) is 17.4. The van der Waals surface area contributed by atoms with Crippen molar-refractivity contribution in [1.82, 2.24) is 5.32 Å². The number of hydrogen-bond donors (Lipinski definition) is 1. The van der Waals surface area contributed by atoms with Crippen LogP contribution in [0.3, 0.4) is 0 Å². The molecule has 0 bridgehead atoms. The maximum absolute atomic E-state index is 11.8. The molecule has 1 N–H and O–H groups in total. The molecule has 0 aliphatic heterocycles. The number of ether oxygens (including phenoxy) is 2. The van der Waals surface area contributed by atoms with Gasteiger partial charge in [0.2, 0.25) is 0 Å². The Balaban J connectivity index is 1.65. The molecule has 0 saturated heterocycles.